The molecule has 3 rings (SSSR count). The summed E-state index contributed by atoms with van der Waals surface area (Å²) >= 11 is 6.53. The maximum absolute atomic E-state index is 12.1. The summed E-state index contributed by atoms with van der Waals surface area (Å²) in [5.41, 5.74) is 2.73. The lowest BCUT2D eigenvalue weighted by molar-refractivity contribution is -0.121. The fraction of sp³-hybridized carbons (Fsp3) is 0.154. The van der Waals surface area contributed by atoms with Crippen LogP contribution >= 0.6 is 24.0 Å². The van der Waals surface area contributed by atoms with Gasteiger partial charge in [-0.3, -0.25) is 14.7 Å². The van der Waals surface area contributed by atoms with Crippen molar-refractivity contribution in [3.63, 3.8) is 0 Å². The van der Waals surface area contributed by atoms with Crippen molar-refractivity contribution in [2.45, 2.75) is 6.92 Å². The predicted molar refractivity (Wildman–Crippen MR) is 81.6 cm³/mol. The van der Waals surface area contributed by atoms with Crippen molar-refractivity contribution < 1.29 is 4.79 Å². The maximum atomic E-state index is 12.1. The van der Waals surface area contributed by atoms with Crippen molar-refractivity contribution in [3.8, 4) is 0 Å². The van der Waals surface area contributed by atoms with E-state index in [4.69, 9.17) is 12.2 Å². The zero-order valence-corrected chi connectivity index (χ0v) is 11.8. The molecule has 1 aliphatic heterocycles. The molecule has 6 heteroatoms. The van der Waals surface area contributed by atoms with Gasteiger partial charge in [0.2, 0.25) is 0 Å². The van der Waals surface area contributed by atoms with Gasteiger partial charge in [0.05, 0.1) is 15.9 Å². The second-order valence-electron chi connectivity index (χ2n) is 4.07. The van der Waals surface area contributed by atoms with Crippen LogP contribution in [-0.2, 0) is 4.79 Å². The first-order valence-corrected chi connectivity index (χ1v) is 7.10. The van der Waals surface area contributed by atoms with E-state index >= 15 is 0 Å². The smallest absolute Gasteiger partial charge is 0.266 e. The SMILES string of the molecule is CCN1C(=O)C(=Cc2c[nH]c3cccnc23)SC1=S. The fourth-order valence-electron chi connectivity index (χ4n) is 2.00. The van der Waals surface area contributed by atoms with E-state index in [1.807, 2.05) is 31.3 Å². The third-order valence-corrected chi connectivity index (χ3v) is 4.32. The molecule has 4 nitrogen and oxygen atoms in total. The first-order chi connectivity index (χ1) is 9.20. The summed E-state index contributed by atoms with van der Waals surface area (Å²) < 4.78 is 0.617. The third-order valence-electron chi connectivity index (χ3n) is 2.94. The van der Waals surface area contributed by atoms with Crippen LogP contribution < -0.4 is 0 Å². The van der Waals surface area contributed by atoms with Gasteiger partial charge in [-0.25, -0.2) is 0 Å². The van der Waals surface area contributed by atoms with E-state index in [-0.39, 0.29) is 5.91 Å². The van der Waals surface area contributed by atoms with Crippen molar-refractivity contribution in [1.82, 2.24) is 14.9 Å². The molecule has 0 radical (unpaired) electrons. The lowest BCUT2D eigenvalue weighted by atomic mass is 10.2. The van der Waals surface area contributed by atoms with Crippen molar-refractivity contribution in [2.75, 3.05) is 6.54 Å². The van der Waals surface area contributed by atoms with Crippen LogP contribution in [0.4, 0.5) is 0 Å². The number of thioether (sulfide) groups is 1. The number of pyridine rings is 1. The zero-order chi connectivity index (χ0) is 13.4. The fourth-order valence-corrected chi connectivity index (χ4v) is 3.37. The van der Waals surface area contributed by atoms with Crippen molar-refractivity contribution >= 4 is 51.3 Å². The number of hydrogen-bond acceptors (Lipinski definition) is 4. The average molecular weight is 289 g/mol. The summed E-state index contributed by atoms with van der Waals surface area (Å²) in [6.07, 6.45) is 5.45. The van der Waals surface area contributed by atoms with Gasteiger partial charge in [0, 0.05) is 24.5 Å². The Balaban J connectivity index is 2.03. The number of nitrogens with zero attached hydrogens (tertiary/aromatic N) is 2. The summed E-state index contributed by atoms with van der Waals surface area (Å²) in [7, 11) is 0. The van der Waals surface area contributed by atoms with Gasteiger partial charge >= 0.3 is 0 Å². The van der Waals surface area contributed by atoms with E-state index in [1.165, 1.54) is 11.8 Å². The Morgan fingerprint density at radius 1 is 1.58 bits per heavy atom. The number of carbonyl (C=O) groups excluding carboxylic acids is 1. The van der Waals surface area contributed by atoms with Crippen LogP contribution in [0.5, 0.6) is 0 Å². The Morgan fingerprint density at radius 3 is 3.16 bits per heavy atom. The zero-order valence-electron chi connectivity index (χ0n) is 10.2. The van der Waals surface area contributed by atoms with Gasteiger partial charge in [0.25, 0.3) is 5.91 Å². The molecule has 0 bridgehead atoms. The van der Waals surface area contributed by atoms with Crippen LogP contribution in [0.15, 0.2) is 29.4 Å². The van der Waals surface area contributed by atoms with Gasteiger partial charge in [0.15, 0.2) is 0 Å². The second kappa shape index (κ2) is 4.79. The standard InChI is InChI=1S/C13H11N3OS2/c1-2-16-12(17)10(19-13(16)18)6-8-7-15-9-4-3-5-14-11(8)9/h3-7,15H,2H2,1H3. The summed E-state index contributed by atoms with van der Waals surface area (Å²) in [6.45, 7) is 2.52. The normalized spacial score (nSPS) is 17.9. The number of likely N-dealkylation sites (N-methyl/N-ethyl adjacent to an activating group) is 1. The Hall–Kier alpha value is -1.66. The highest BCUT2D eigenvalue weighted by molar-refractivity contribution is 8.26. The largest absolute Gasteiger partial charge is 0.359 e. The number of thiocarbonyl (C=S) groups is 1. The van der Waals surface area contributed by atoms with Crippen LogP contribution in [0, 0.1) is 0 Å². The number of amides is 1. The number of carbonyl (C=O) groups is 1. The van der Waals surface area contributed by atoms with Gasteiger partial charge < -0.3 is 4.98 Å². The summed E-state index contributed by atoms with van der Waals surface area (Å²) in [4.78, 5) is 21.8. The summed E-state index contributed by atoms with van der Waals surface area (Å²) in [6, 6.07) is 3.83. The van der Waals surface area contributed by atoms with Crippen molar-refractivity contribution in [2.24, 2.45) is 0 Å². The molecule has 19 heavy (non-hydrogen) atoms. The van der Waals surface area contributed by atoms with Gasteiger partial charge in [0.1, 0.15) is 4.32 Å². The van der Waals surface area contributed by atoms with E-state index in [0.717, 1.165) is 16.6 Å². The van der Waals surface area contributed by atoms with Crippen LogP contribution in [-0.4, -0.2) is 31.6 Å². The first-order valence-electron chi connectivity index (χ1n) is 5.88. The van der Waals surface area contributed by atoms with Crippen LogP contribution in [0.25, 0.3) is 17.1 Å². The van der Waals surface area contributed by atoms with Gasteiger partial charge in [-0.1, -0.05) is 24.0 Å². The molecule has 2 aromatic heterocycles. The van der Waals surface area contributed by atoms with Gasteiger partial charge in [-0.2, -0.15) is 0 Å². The molecule has 0 aliphatic carbocycles. The number of aromatic nitrogens is 2. The molecule has 1 saturated heterocycles. The molecule has 0 aromatic carbocycles. The molecule has 0 unspecified atom stereocenters. The van der Waals surface area contributed by atoms with Crippen LogP contribution in [0.3, 0.4) is 0 Å². The Morgan fingerprint density at radius 2 is 2.42 bits per heavy atom. The minimum atomic E-state index is -0.0252. The number of rotatable bonds is 2. The molecule has 1 N–H and O–H groups in total. The molecular formula is C13H11N3OS2. The van der Waals surface area contributed by atoms with E-state index in [2.05, 4.69) is 9.97 Å². The minimum Gasteiger partial charge on any atom is -0.359 e. The molecule has 3 heterocycles. The number of fused-ring (bicyclic) bond motifs is 1. The van der Waals surface area contributed by atoms with E-state index in [1.54, 1.807) is 11.1 Å². The molecule has 0 saturated carbocycles. The molecule has 1 fully saturated rings. The number of hydrogen-bond donors (Lipinski definition) is 1. The molecular weight excluding hydrogens is 278 g/mol. The molecule has 0 spiro atoms. The second-order valence-corrected chi connectivity index (χ2v) is 5.75. The lowest BCUT2D eigenvalue weighted by Crippen LogP contribution is -2.27. The monoisotopic (exact) mass is 289 g/mol. The summed E-state index contributed by atoms with van der Waals surface area (Å²) in [5, 5.41) is 0. The predicted octanol–water partition coefficient (Wildman–Crippen LogP) is 2.78. The topological polar surface area (TPSA) is 49.0 Å². The first kappa shape index (κ1) is 12.4. The number of aromatic amines is 1. The Kier molecular flexibility index (Phi) is 3.12. The van der Waals surface area contributed by atoms with Gasteiger partial charge in [-0.15, -0.1) is 0 Å². The average Bonchev–Trinajstić information content (AvgIpc) is 2.93. The highest BCUT2D eigenvalue weighted by Crippen LogP contribution is 2.33. The molecule has 1 aliphatic rings. The molecule has 1 amide bonds. The number of H-pyrrole nitrogens is 1. The Labute approximate surface area is 119 Å². The van der Waals surface area contributed by atoms with Crippen molar-refractivity contribution in [3.05, 3.63) is 35.0 Å². The molecule has 0 atom stereocenters. The highest BCUT2D eigenvalue weighted by atomic mass is 32.2. The number of nitrogens with one attached hydrogen (secondary N) is 1. The maximum Gasteiger partial charge on any atom is 0.266 e. The van der Waals surface area contributed by atoms with E-state index in [0.29, 0.717) is 15.8 Å². The Bertz CT molecular complexity index is 705. The highest BCUT2D eigenvalue weighted by Gasteiger charge is 2.30. The van der Waals surface area contributed by atoms with Crippen molar-refractivity contribution in [1.29, 1.82) is 0 Å². The van der Waals surface area contributed by atoms with Crippen LogP contribution in [0.1, 0.15) is 12.5 Å². The van der Waals surface area contributed by atoms with Crippen LogP contribution in [0.2, 0.25) is 0 Å². The van der Waals surface area contributed by atoms with E-state index in [9.17, 15) is 4.79 Å². The van der Waals surface area contributed by atoms with Gasteiger partial charge in [-0.05, 0) is 25.1 Å². The summed E-state index contributed by atoms with van der Waals surface area (Å²) in [5.74, 6) is -0.0252. The molecule has 2 aromatic rings. The lowest BCUT2D eigenvalue weighted by Gasteiger charge is -2.09. The molecule has 96 valence electrons. The minimum absolute atomic E-state index is 0.0252. The van der Waals surface area contributed by atoms with E-state index < -0.39 is 0 Å². The quantitative estimate of drug-likeness (QED) is 0.682. The third kappa shape index (κ3) is 2.06.